The Morgan fingerprint density at radius 3 is 2.78 bits per heavy atom. The molecule has 5 heteroatoms. The molecule has 0 radical (unpaired) electrons. The summed E-state index contributed by atoms with van der Waals surface area (Å²) in [5, 5.41) is 3.58. The van der Waals surface area contributed by atoms with Crippen molar-refractivity contribution < 1.29 is 14.3 Å². The van der Waals surface area contributed by atoms with Crippen LogP contribution >= 0.6 is 0 Å². The first-order valence-corrected chi connectivity index (χ1v) is 5.56. The minimum Gasteiger partial charge on any atom is -0.462 e. The third-order valence-electron chi connectivity index (χ3n) is 2.82. The lowest BCUT2D eigenvalue weighted by molar-refractivity contribution is -0.152. The molecule has 0 saturated heterocycles. The quantitative estimate of drug-likeness (QED) is 0.619. The van der Waals surface area contributed by atoms with E-state index in [-0.39, 0.29) is 0 Å². The number of carbonyl (C=O) groups is 2. The molecule has 1 aromatic heterocycles. The Morgan fingerprint density at radius 1 is 1.33 bits per heavy atom. The number of amides is 1. The fourth-order valence-corrected chi connectivity index (χ4v) is 1.90. The highest BCUT2D eigenvalue weighted by Gasteiger charge is 2.15. The SMILES string of the molecule is COC(=O)C(=O)NCc1c(C)[nH]c2ccccc12. The molecule has 0 aliphatic carbocycles. The zero-order valence-corrected chi connectivity index (χ0v) is 10.2. The van der Waals surface area contributed by atoms with E-state index in [0.29, 0.717) is 6.54 Å². The van der Waals surface area contributed by atoms with Crippen LogP contribution in [-0.4, -0.2) is 24.0 Å². The van der Waals surface area contributed by atoms with Gasteiger partial charge in [0.2, 0.25) is 0 Å². The van der Waals surface area contributed by atoms with Crippen LogP contribution in [0.5, 0.6) is 0 Å². The number of nitrogens with one attached hydrogen (secondary N) is 2. The van der Waals surface area contributed by atoms with Crippen LogP contribution in [0, 0.1) is 6.92 Å². The van der Waals surface area contributed by atoms with Gasteiger partial charge in [-0.05, 0) is 18.6 Å². The van der Waals surface area contributed by atoms with Crippen LogP contribution in [0.1, 0.15) is 11.3 Å². The Morgan fingerprint density at radius 2 is 2.06 bits per heavy atom. The number of fused-ring (bicyclic) bond motifs is 1. The molecule has 1 aromatic carbocycles. The first-order valence-electron chi connectivity index (χ1n) is 5.56. The molecule has 0 fully saturated rings. The number of H-pyrrole nitrogens is 1. The smallest absolute Gasteiger partial charge is 0.396 e. The number of hydrogen-bond donors (Lipinski definition) is 2. The molecule has 1 amide bonds. The van der Waals surface area contributed by atoms with Crippen LogP contribution in [-0.2, 0) is 20.9 Å². The molecular weight excluding hydrogens is 232 g/mol. The maximum atomic E-state index is 11.3. The van der Waals surface area contributed by atoms with Gasteiger partial charge in [0, 0.05) is 23.1 Å². The second kappa shape index (κ2) is 4.91. The van der Waals surface area contributed by atoms with Gasteiger partial charge in [-0.1, -0.05) is 18.2 Å². The summed E-state index contributed by atoms with van der Waals surface area (Å²) in [4.78, 5) is 25.5. The third-order valence-corrected chi connectivity index (χ3v) is 2.82. The fraction of sp³-hybridized carbons (Fsp3) is 0.231. The zero-order chi connectivity index (χ0) is 13.1. The van der Waals surface area contributed by atoms with Gasteiger partial charge in [-0.15, -0.1) is 0 Å². The maximum absolute atomic E-state index is 11.3. The van der Waals surface area contributed by atoms with E-state index >= 15 is 0 Å². The van der Waals surface area contributed by atoms with Crippen LogP contribution in [0.15, 0.2) is 24.3 Å². The molecule has 0 unspecified atom stereocenters. The Labute approximate surface area is 104 Å². The molecule has 0 aliphatic heterocycles. The molecule has 0 saturated carbocycles. The highest BCUT2D eigenvalue weighted by atomic mass is 16.5. The summed E-state index contributed by atoms with van der Waals surface area (Å²) >= 11 is 0. The monoisotopic (exact) mass is 246 g/mol. The standard InChI is InChI=1S/C13H14N2O3/c1-8-10(7-14-12(16)13(17)18-2)9-5-3-4-6-11(9)15-8/h3-6,15H,7H2,1-2H3,(H,14,16). The van der Waals surface area contributed by atoms with Crippen molar-refractivity contribution in [3.63, 3.8) is 0 Å². The highest BCUT2D eigenvalue weighted by Crippen LogP contribution is 2.21. The van der Waals surface area contributed by atoms with Gasteiger partial charge in [-0.2, -0.15) is 0 Å². The topological polar surface area (TPSA) is 71.2 Å². The summed E-state index contributed by atoms with van der Waals surface area (Å²) in [6.45, 7) is 2.23. The van der Waals surface area contributed by atoms with E-state index in [1.54, 1.807) is 0 Å². The molecule has 0 atom stereocenters. The van der Waals surface area contributed by atoms with E-state index in [1.807, 2.05) is 31.2 Å². The fourth-order valence-electron chi connectivity index (χ4n) is 1.90. The lowest BCUT2D eigenvalue weighted by Crippen LogP contribution is -2.31. The van der Waals surface area contributed by atoms with Crippen LogP contribution in [0.4, 0.5) is 0 Å². The number of hydrogen-bond acceptors (Lipinski definition) is 3. The zero-order valence-electron chi connectivity index (χ0n) is 10.2. The number of carbonyl (C=O) groups excluding carboxylic acids is 2. The Bertz CT molecular complexity index is 601. The molecule has 2 aromatic rings. The van der Waals surface area contributed by atoms with E-state index in [9.17, 15) is 9.59 Å². The molecule has 18 heavy (non-hydrogen) atoms. The molecule has 5 nitrogen and oxygen atoms in total. The summed E-state index contributed by atoms with van der Waals surface area (Å²) < 4.78 is 4.34. The molecule has 0 spiro atoms. The Kier molecular flexibility index (Phi) is 3.32. The predicted molar refractivity (Wildman–Crippen MR) is 66.9 cm³/mol. The molecule has 0 bridgehead atoms. The molecule has 2 N–H and O–H groups in total. The van der Waals surface area contributed by atoms with E-state index in [4.69, 9.17) is 0 Å². The lowest BCUT2D eigenvalue weighted by atomic mass is 10.1. The van der Waals surface area contributed by atoms with Gasteiger partial charge < -0.3 is 15.0 Å². The van der Waals surface area contributed by atoms with Gasteiger partial charge in [-0.25, -0.2) is 4.79 Å². The van der Waals surface area contributed by atoms with Gasteiger partial charge in [0.05, 0.1) is 7.11 Å². The van der Waals surface area contributed by atoms with Crippen molar-refractivity contribution in [3.8, 4) is 0 Å². The van der Waals surface area contributed by atoms with E-state index in [1.165, 1.54) is 7.11 Å². The van der Waals surface area contributed by atoms with Crippen LogP contribution in [0.2, 0.25) is 0 Å². The summed E-state index contributed by atoms with van der Waals surface area (Å²) in [5.74, 6) is -1.62. The largest absolute Gasteiger partial charge is 0.462 e. The minimum atomic E-state index is -0.882. The Hall–Kier alpha value is -2.30. The van der Waals surface area contributed by atoms with E-state index < -0.39 is 11.9 Å². The van der Waals surface area contributed by atoms with Crippen molar-refractivity contribution in [1.29, 1.82) is 0 Å². The number of para-hydroxylation sites is 1. The summed E-state index contributed by atoms with van der Waals surface area (Å²) in [6, 6.07) is 7.81. The van der Waals surface area contributed by atoms with Crippen LogP contribution < -0.4 is 5.32 Å². The van der Waals surface area contributed by atoms with Crippen molar-refractivity contribution in [2.45, 2.75) is 13.5 Å². The normalized spacial score (nSPS) is 10.3. The van der Waals surface area contributed by atoms with E-state index in [2.05, 4.69) is 15.0 Å². The average molecular weight is 246 g/mol. The number of aryl methyl sites for hydroxylation is 1. The first kappa shape index (κ1) is 12.2. The van der Waals surface area contributed by atoms with Gasteiger partial charge in [0.1, 0.15) is 0 Å². The van der Waals surface area contributed by atoms with Crippen molar-refractivity contribution in [3.05, 3.63) is 35.5 Å². The van der Waals surface area contributed by atoms with Crippen molar-refractivity contribution in [2.75, 3.05) is 7.11 Å². The van der Waals surface area contributed by atoms with Crippen molar-refractivity contribution in [2.24, 2.45) is 0 Å². The highest BCUT2D eigenvalue weighted by molar-refractivity contribution is 6.32. The third kappa shape index (κ3) is 2.20. The van der Waals surface area contributed by atoms with E-state index in [0.717, 1.165) is 22.2 Å². The molecular formula is C13H14N2O3. The molecule has 1 heterocycles. The maximum Gasteiger partial charge on any atom is 0.396 e. The van der Waals surface area contributed by atoms with Crippen LogP contribution in [0.25, 0.3) is 10.9 Å². The van der Waals surface area contributed by atoms with Gasteiger partial charge in [0.15, 0.2) is 0 Å². The number of aromatic nitrogens is 1. The average Bonchev–Trinajstić information content (AvgIpc) is 2.70. The molecule has 2 rings (SSSR count). The number of aromatic amines is 1. The number of ether oxygens (including phenoxy) is 1. The van der Waals surface area contributed by atoms with Crippen LogP contribution in [0.3, 0.4) is 0 Å². The number of benzene rings is 1. The van der Waals surface area contributed by atoms with Crippen molar-refractivity contribution in [1.82, 2.24) is 10.3 Å². The summed E-state index contributed by atoms with van der Waals surface area (Å²) in [6.07, 6.45) is 0. The van der Waals surface area contributed by atoms with Crippen molar-refractivity contribution >= 4 is 22.8 Å². The van der Waals surface area contributed by atoms with Gasteiger partial charge in [-0.3, -0.25) is 4.79 Å². The number of esters is 1. The first-order chi connectivity index (χ1) is 8.63. The second-order valence-corrected chi connectivity index (χ2v) is 3.95. The molecule has 0 aliphatic rings. The summed E-state index contributed by atoms with van der Waals surface area (Å²) in [5.41, 5.74) is 2.96. The van der Waals surface area contributed by atoms with Gasteiger partial charge in [0.25, 0.3) is 0 Å². The lowest BCUT2D eigenvalue weighted by Gasteiger charge is -2.04. The predicted octanol–water partition coefficient (Wildman–Crippen LogP) is 1.27. The number of rotatable bonds is 2. The molecule has 94 valence electrons. The Balaban J connectivity index is 2.19. The second-order valence-electron chi connectivity index (χ2n) is 3.95. The minimum absolute atomic E-state index is 0.295. The summed E-state index contributed by atoms with van der Waals surface area (Å²) in [7, 11) is 1.18. The van der Waals surface area contributed by atoms with Gasteiger partial charge >= 0.3 is 11.9 Å². The number of methoxy groups -OCH3 is 1.